The van der Waals surface area contributed by atoms with E-state index in [0.29, 0.717) is 0 Å². The van der Waals surface area contributed by atoms with Crippen LogP contribution in [0.5, 0.6) is 0 Å². The molecule has 0 fully saturated rings. The number of hydrogen-bond donors (Lipinski definition) is 1. The van der Waals surface area contributed by atoms with Crippen molar-refractivity contribution < 1.29 is 8.78 Å². The van der Waals surface area contributed by atoms with Gasteiger partial charge in [0.25, 0.3) is 0 Å². The van der Waals surface area contributed by atoms with Gasteiger partial charge >= 0.3 is 0 Å². The molecule has 1 aromatic carbocycles. The molecule has 0 aliphatic rings. The largest absolute Gasteiger partial charge is 0.305 e. The van der Waals surface area contributed by atoms with Gasteiger partial charge in [-0.3, -0.25) is 0 Å². The summed E-state index contributed by atoms with van der Waals surface area (Å²) in [6.07, 6.45) is 0. The number of benzene rings is 1. The Labute approximate surface area is 63.2 Å². The Morgan fingerprint density at radius 3 is 2.00 bits per heavy atom. The van der Waals surface area contributed by atoms with Crippen LogP contribution in [0, 0.1) is 17.0 Å². The van der Waals surface area contributed by atoms with Crippen molar-refractivity contribution in [1.29, 1.82) is 5.41 Å². The zero-order valence-electron chi connectivity index (χ0n) is 5.99. The quantitative estimate of drug-likeness (QED) is 0.602. The van der Waals surface area contributed by atoms with E-state index in [9.17, 15) is 8.78 Å². The van der Waals surface area contributed by atoms with E-state index in [1.807, 2.05) is 0 Å². The van der Waals surface area contributed by atoms with Crippen molar-refractivity contribution in [2.45, 2.75) is 6.92 Å². The fourth-order valence-corrected chi connectivity index (χ4v) is 0.770. The van der Waals surface area contributed by atoms with Crippen LogP contribution < -0.4 is 0 Å². The lowest BCUT2D eigenvalue weighted by atomic mass is 10.1. The van der Waals surface area contributed by atoms with Gasteiger partial charge in [-0.25, -0.2) is 8.78 Å². The molecule has 0 bridgehead atoms. The molecule has 0 saturated carbocycles. The maximum atomic E-state index is 12.5. The lowest BCUT2D eigenvalue weighted by Gasteiger charge is -1.97. The van der Waals surface area contributed by atoms with E-state index in [1.54, 1.807) is 0 Å². The van der Waals surface area contributed by atoms with Crippen LogP contribution in [0.3, 0.4) is 0 Å². The van der Waals surface area contributed by atoms with E-state index in [1.165, 1.54) is 6.92 Å². The van der Waals surface area contributed by atoms with E-state index in [-0.39, 0.29) is 11.3 Å². The molecule has 0 amide bonds. The van der Waals surface area contributed by atoms with Gasteiger partial charge in [0.2, 0.25) is 0 Å². The third-order valence-electron chi connectivity index (χ3n) is 1.30. The summed E-state index contributed by atoms with van der Waals surface area (Å²) >= 11 is 0. The Morgan fingerprint density at radius 2 is 1.64 bits per heavy atom. The summed E-state index contributed by atoms with van der Waals surface area (Å²) in [5, 5.41) is 7.10. The maximum absolute atomic E-state index is 12.5. The molecule has 0 radical (unpaired) electrons. The third-order valence-corrected chi connectivity index (χ3v) is 1.30. The van der Waals surface area contributed by atoms with Gasteiger partial charge in [-0.2, -0.15) is 0 Å². The first-order valence-corrected chi connectivity index (χ1v) is 3.11. The highest BCUT2D eigenvalue weighted by Gasteiger charge is 2.00. The summed E-state index contributed by atoms with van der Waals surface area (Å²) in [5.41, 5.74) is 0.436. The minimum Gasteiger partial charge on any atom is -0.305 e. The lowest BCUT2D eigenvalue weighted by Crippen LogP contribution is -1.94. The van der Waals surface area contributed by atoms with Crippen molar-refractivity contribution in [3.63, 3.8) is 0 Å². The molecule has 1 aromatic rings. The Balaban J connectivity index is 3.19. The maximum Gasteiger partial charge on any atom is 0.126 e. The molecule has 0 aliphatic carbocycles. The Kier molecular flexibility index (Phi) is 1.98. The molecule has 0 aliphatic heterocycles. The Bertz CT molecular complexity index is 274. The van der Waals surface area contributed by atoms with E-state index < -0.39 is 11.6 Å². The van der Waals surface area contributed by atoms with Crippen molar-refractivity contribution in [2.75, 3.05) is 0 Å². The van der Waals surface area contributed by atoms with Crippen molar-refractivity contribution >= 4 is 5.71 Å². The van der Waals surface area contributed by atoms with Gasteiger partial charge in [0.1, 0.15) is 11.6 Å². The van der Waals surface area contributed by atoms with Crippen molar-refractivity contribution in [1.82, 2.24) is 0 Å². The van der Waals surface area contributed by atoms with Crippen LogP contribution >= 0.6 is 0 Å². The average Bonchev–Trinajstić information content (AvgIpc) is 1.85. The first-order valence-electron chi connectivity index (χ1n) is 3.11. The normalized spacial score (nSPS) is 9.73. The second kappa shape index (κ2) is 2.78. The van der Waals surface area contributed by atoms with E-state index in [4.69, 9.17) is 5.41 Å². The Hall–Kier alpha value is -1.25. The third kappa shape index (κ3) is 1.83. The monoisotopic (exact) mass is 155 g/mol. The Morgan fingerprint density at radius 1 is 1.18 bits per heavy atom. The molecule has 3 heteroatoms. The van der Waals surface area contributed by atoms with Gasteiger partial charge < -0.3 is 5.41 Å². The second-order valence-electron chi connectivity index (χ2n) is 2.28. The van der Waals surface area contributed by atoms with Gasteiger partial charge in [0, 0.05) is 17.3 Å². The van der Waals surface area contributed by atoms with E-state index in [2.05, 4.69) is 0 Å². The van der Waals surface area contributed by atoms with E-state index in [0.717, 1.165) is 18.2 Å². The highest BCUT2D eigenvalue weighted by Crippen LogP contribution is 2.07. The summed E-state index contributed by atoms with van der Waals surface area (Å²) in [5.74, 6) is -1.29. The number of hydrogen-bond acceptors (Lipinski definition) is 1. The van der Waals surface area contributed by atoms with Gasteiger partial charge in [-0.1, -0.05) is 0 Å². The first-order chi connectivity index (χ1) is 5.09. The first kappa shape index (κ1) is 7.85. The number of rotatable bonds is 1. The molecule has 0 spiro atoms. The van der Waals surface area contributed by atoms with Crippen molar-refractivity contribution in [2.24, 2.45) is 0 Å². The van der Waals surface area contributed by atoms with Crippen molar-refractivity contribution in [3.05, 3.63) is 35.4 Å². The summed E-state index contributed by atoms with van der Waals surface area (Å²) in [7, 11) is 0. The SMILES string of the molecule is CC(=N)c1cc(F)cc(F)c1. The minimum absolute atomic E-state index is 0.156. The molecule has 58 valence electrons. The van der Waals surface area contributed by atoms with Crippen LogP contribution in [-0.4, -0.2) is 5.71 Å². The zero-order chi connectivity index (χ0) is 8.43. The lowest BCUT2D eigenvalue weighted by molar-refractivity contribution is 0.583. The van der Waals surface area contributed by atoms with Crippen LogP contribution in [0.4, 0.5) is 8.78 Å². The molecular weight excluding hydrogens is 148 g/mol. The van der Waals surface area contributed by atoms with Crippen LogP contribution in [0.15, 0.2) is 18.2 Å². The zero-order valence-corrected chi connectivity index (χ0v) is 5.99. The predicted molar refractivity (Wildman–Crippen MR) is 38.9 cm³/mol. The molecule has 11 heavy (non-hydrogen) atoms. The highest BCUT2D eigenvalue weighted by molar-refractivity contribution is 5.96. The van der Waals surface area contributed by atoms with Crippen LogP contribution in [0.2, 0.25) is 0 Å². The smallest absolute Gasteiger partial charge is 0.126 e. The van der Waals surface area contributed by atoms with Gasteiger partial charge in [-0.15, -0.1) is 0 Å². The summed E-state index contributed by atoms with van der Waals surface area (Å²) in [6.45, 7) is 1.48. The average molecular weight is 155 g/mol. The molecule has 0 atom stereocenters. The molecule has 1 N–H and O–H groups in total. The van der Waals surface area contributed by atoms with Crippen LogP contribution in [0.25, 0.3) is 0 Å². The molecule has 1 rings (SSSR count). The van der Waals surface area contributed by atoms with E-state index >= 15 is 0 Å². The molecule has 0 unspecified atom stereocenters. The number of nitrogens with one attached hydrogen (secondary N) is 1. The van der Waals surface area contributed by atoms with Gasteiger partial charge in [0.15, 0.2) is 0 Å². The minimum atomic E-state index is -0.647. The molecule has 0 saturated heterocycles. The molecule has 0 heterocycles. The molecule has 1 nitrogen and oxygen atoms in total. The van der Waals surface area contributed by atoms with Gasteiger partial charge in [0.05, 0.1) is 0 Å². The topological polar surface area (TPSA) is 23.9 Å². The molecular formula is C8H7F2N. The summed E-state index contributed by atoms with van der Waals surface area (Å²) < 4.78 is 24.9. The summed E-state index contributed by atoms with van der Waals surface area (Å²) in [4.78, 5) is 0. The van der Waals surface area contributed by atoms with Crippen LogP contribution in [0.1, 0.15) is 12.5 Å². The standard InChI is InChI=1S/C8H7F2N/c1-5(11)6-2-7(9)4-8(10)3-6/h2-4,11H,1H3. The van der Waals surface area contributed by atoms with Crippen molar-refractivity contribution in [3.8, 4) is 0 Å². The second-order valence-corrected chi connectivity index (χ2v) is 2.28. The summed E-state index contributed by atoms with van der Waals surface area (Å²) in [6, 6.07) is 3.04. The highest BCUT2D eigenvalue weighted by atomic mass is 19.1. The number of halogens is 2. The fraction of sp³-hybridized carbons (Fsp3) is 0.125. The predicted octanol–water partition coefficient (Wildman–Crippen LogP) is 2.35. The van der Waals surface area contributed by atoms with Gasteiger partial charge in [-0.05, 0) is 19.1 Å². The fourth-order valence-electron chi connectivity index (χ4n) is 0.770. The van der Waals surface area contributed by atoms with Crippen LogP contribution in [-0.2, 0) is 0 Å². The molecule has 0 aromatic heterocycles.